The minimum atomic E-state index is -0.745. The Morgan fingerprint density at radius 3 is 2.93 bits per heavy atom. The molecule has 1 fully saturated rings. The normalized spacial score (nSPS) is 15.8. The van der Waals surface area contributed by atoms with E-state index in [1.54, 1.807) is 11.3 Å². The van der Waals surface area contributed by atoms with Crippen LogP contribution in [0, 0.1) is 6.92 Å². The monoisotopic (exact) mass is 211 g/mol. The zero-order valence-corrected chi connectivity index (χ0v) is 8.93. The number of nitrogens with zero attached hydrogens (tertiary/aromatic N) is 1. The zero-order valence-electron chi connectivity index (χ0n) is 8.12. The van der Waals surface area contributed by atoms with Gasteiger partial charge in [-0.2, -0.15) is 0 Å². The van der Waals surface area contributed by atoms with E-state index in [0.29, 0.717) is 12.3 Å². The van der Waals surface area contributed by atoms with Gasteiger partial charge in [0.1, 0.15) is 0 Å². The molecule has 1 N–H and O–H groups in total. The minimum absolute atomic E-state index is 0.192. The van der Waals surface area contributed by atoms with Crippen LogP contribution >= 0.6 is 11.3 Å². The number of aryl methyl sites for hydroxylation is 2. The lowest BCUT2D eigenvalue weighted by Gasteiger charge is -1.91. The molecule has 14 heavy (non-hydrogen) atoms. The SMILES string of the molecule is Cc1sc(CCC(=O)O)nc1C1CC1. The fourth-order valence-electron chi connectivity index (χ4n) is 1.52. The van der Waals surface area contributed by atoms with Gasteiger partial charge >= 0.3 is 5.97 Å². The molecule has 0 bridgehead atoms. The van der Waals surface area contributed by atoms with Crippen molar-refractivity contribution >= 4 is 17.3 Å². The maximum Gasteiger partial charge on any atom is 0.303 e. The number of rotatable bonds is 4. The lowest BCUT2D eigenvalue weighted by Crippen LogP contribution is -1.97. The van der Waals surface area contributed by atoms with Crippen LogP contribution in [0.5, 0.6) is 0 Å². The maximum atomic E-state index is 10.4. The molecule has 1 aliphatic rings. The highest BCUT2D eigenvalue weighted by molar-refractivity contribution is 7.11. The van der Waals surface area contributed by atoms with Crippen LogP contribution in [0.4, 0.5) is 0 Å². The van der Waals surface area contributed by atoms with Crippen molar-refractivity contribution < 1.29 is 9.90 Å². The number of hydrogen-bond acceptors (Lipinski definition) is 3. The van der Waals surface area contributed by atoms with Crippen molar-refractivity contribution in [2.24, 2.45) is 0 Å². The molecule has 0 saturated heterocycles. The van der Waals surface area contributed by atoms with Crippen LogP contribution in [0.1, 0.15) is 40.8 Å². The van der Waals surface area contributed by atoms with Gasteiger partial charge in [-0.3, -0.25) is 4.79 Å². The average Bonchev–Trinajstić information content (AvgIpc) is 2.88. The second kappa shape index (κ2) is 3.69. The Morgan fingerprint density at radius 2 is 2.36 bits per heavy atom. The highest BCUT2D eigenvalue weighted by Crippen LogP contribution is 2.42. The molecule has 1 aliphatic carbocycles. The second-order valence-corrected chi connectivity index (χ2v) is 5.00. The van der Waals surface area contributed by atoms with E-state index in [2.05, 4.69) is 11.9 Å². The van der Waals surface area contributed by atoms with Crippen LogP contribution in [-0.4, -0.2) is 16.1 Å². The Hall–Kier alpha value is -0.900. The maximum absolute atomic E-state index is 10.4. The predicted octanol–water partition coefficient (Wildman–Crippen LogP) is 2.35. The highest BCUT2D eigenvalue weighted by Gasteiger charge is 2.28. The van der Waals surface area contributed by atoms with Gasteiger partial charge in [-0.05, 0) is 19.8 Å². The van der Waals surface area contributed by atoms with Gasteiger partial charge in [0.05, 0.1) is 17.1 Å². The summed E-state index contributed by atoms with van der Waals surface area (Å²) in [5, 5.41) is 9.53. The molecule has 1 heterocycles. The lowest BCUT2D eigenvalue weighted by molar-refractivity contribution is -0.136. The van der Waals surface area contributed by atoms with E-state index >= 15 is 0 Å². The number of hydrogen-bond donors (Lipinski definition) is 1. The molecule has 4 heteroatoms. The molecule has 0 aliphatic heterocycles. The van der Waals surface area contributed by atoms with Crippen molar-refractivity contribution in [3.8, 4) is 0 Å². The summed E-state index contributed by atoms with van der Waals surface area (Å²) < 4.78 is 0. The number of carbonyl (C=O) groups is 1. The summed E-state index contributed by atoms with van der Waals surface area (Å²) >= 11 is 1.65. The largest absolute Gasteiger partial charge is 0.481 e. The quantitative estimate of drug-likeness (QED) is 0.831. The van der Waals surface area contributed by atoms with Crippen molar-refractivity contribution in [2.45, 2.75) is 38.5 Å². The van der Waals surface area contributed by atoms with E-state index in [-0.39, 0.29) is 6.42 Å². The van der Waals surface area contributed by atoms with E-state index < -0.39 is 5.97 Å². The van der Waals surface area contributed by atoms with Gasteiger partial charge in [0.2, 0.25) is 0 Å². The molecule has 1 aromatic rings. The van der Waals surface area contributed by atoms with E-state index in [1.807, 2.05) is 0 Å². The Labute approximate surface area is 86.8 Å². The number of carboxylic acid groups (broad SMARTS) is 1. The molecule has 3 nitrogen and oxygen atoms in total. The third kappa shape index (κ3) is 2.12. The average molecular weight is 211 g/mol. The Kier molecular flexibility index (Phi) is 2.54. The summed E-state index contributed by atoms with van der Waals surface area (Å²) in [6, 6.07) is 0. The third-order valence-corrected chi connectivity index (χ3v) is 3.44. The van der Waals surface area contributed by atoms with Gasteiger partial charge in [0.15, 0.2) is 0 Å². The molecular weight excluding hydrogens is 198 g/mol. The molecule has 0 aromatic carbocycles. The van der Waals surface area contributed by atoms with E-state index in [4.69, 9.17) is 5.11 Å². The molecule has 0 spiro atoms. The lowest BCUT2D eigenvalue weighted by atomic mass is 10.2. The summed E-state index contributed by atoms with van der Waals surface area (Å²) in [6.07, 6.45) is 3.27. The minimum Gasteiger partial charge on any atom is -0.481 e. The van der Waals surface area contributed by atoms with Crippen LogP contribution in [0.15, 0.2) is 0 Å². The van der Waals surface area contributed by atoms with Crippen LogP contribution in [-0.2, 0) is 11.2 Å². The van der Waals surface area contributed by atoms with Gasteiger partial charge in [0.25, 0.3) is 0 Å². The third-order valence-electron chi connectivity index (χ3n) is 2.39. The van der Waals surface area contributed by atoms with Crippen molar-refractivity contribution in [1.29, 1.82) is 0 Å². The zero-order chi connectivity index (χ0) is 10.1. The van der Waals surface area contributed by atoms with Crippen molar-refractivity contribution in [3.05, 3.63) is 15.6 Å². The van der Waals surface area contributed by atoms with E-state index in [0.717, 1.165) is 5.01 Å². The molecule has 1 saturated carbocycles. The number of thiazole rings is 1. The predicted molar refractivity (Wildman–Crippen MR) is 54.8 cm³/mol. The van der Waals surface area contributed by atoms with Gasteiger partial charge in [0, 0.05) is 17.2 Å². The van der Waals surface area contributed by atoms with Gasteiger partial charge in [-0.1, -0.05) is 0 Å². The summed E-state index contributed by atoms with van der Waals surface area (Å²) in [5.74, 6) is -0.0735. The van der Waals surface area contributed by atoms with E-state index in [9.17, 15) is 4.79 Å². The van der Waals surface area contributed by atoms with Gasteiger partial charge in [-0.25, -0.2) is 4.98 Å². The molecule has 2 rings (SSSR count). The fraction of sp³-hybridized carbons (Fsp3) is 0.600. The Bertz CT molecular complexity index is 355. The van der Waals surface area contributed by atoms with Crippen molar-refractivity contribution in [3.63, 3.8) is 0 Å². The van der Waals surface area contributed by atoms with Crippen LogP contribution in [0.25, 0.3) is 0 Å². The summed E-state index contributed by atoms with van der Waals surface area (Å²) in [6.45, 7) is 2.08. The summed E-state index contributed by atoms with van der Waals surface area (Å²) in [7, 11) is 0. The van der Waals surface area contributed by atoms with Gasteiger partial charge in [-0.15, -0.1) is 11.3 Å². The van der Waals surface area contributed by atoms with Crippen LogP contribution < -0.4 is 0 Å². The molecule has 0 atom stereocenters. The second-order valence-electron chi connectivity index (χ2n) is 3.72. The first-order valence-electron chi connectivity index (χ1n) is 4.85. The van der Waals surface area contributed by atoms with Crippen molar-refractivity contribution in [1.82, 2.24) is 4.98 Å². The molecule has 1 aromatic heterocycles. The highest BCUT2D eigenvalue weighted by atomic mass is 32.1. The summed E-state index contributed by atoms with van der Waals surface area (Å²) in [5.41, 5.74) is 1.22. The number of aromatic nitrogens is 1. The number of aliphatic carboxylic acids is 1. The van der Waals surface area contributed by atoms with Crippen molar-refractivity contribution in [2.75, 3.05) is 0 Å². The molecule has 76 valence electrons. The first-order valence-corrected chi connectivity index (χ1v) is 5.66. The van der Waals surface area contributed by atoms with Gasteiger partial charge < -0.3 is 5.11 Å². The molecule has 0 radical (unpaired) electrons. The molecule has 0 amide bonds. The molecule has 0 unspecified atom stereocenters. The fourth-order valence-corrected chi connectivity index (χ4v) is 2.54. The van der Waals surface area contributed by atoms with E-state index in [1.165, 1.54) is 23.4 Å². The van der Waals surface area contributed by atoms with Crippen LogP contribution in [0.3, 0.4) is 0 Å². The topological polar surface area (TPSA) is 50.2 Å². The Morgan fingerprint density at radius 1 is 1.64 bits per heavy atom. The first kappa shape index (κ1) is 9.65. The first-order chi connectivity index (χ1) is 6.66. The molecular formula is C10H13NO2S. The summed E-state index contributed by atoms with van der Waals surface area (Å²) in [4.78, 5) is 16.2. The Balaban J connectivity index is 2.04. The smallest absolute Gasteiger partial charge is 0.303 e. The standard InChI is InChI=1S/C10H13NO2S/c1-6-10(7-2-3-7)11-8(14-6)4-5-9(12)13/h7H,2-5H2,1H3,(H,12,13). The van der Waals surface area contributed by atoms with Crippen LogP contribution in [0.2, 0.25) is 0 Å². The number of carboxylic acids is 1.